The molecular formula is C23H28N4O5S2. The van der Waals surface area contributed by atoms with E-state index in [1.165, 1.54) is 30.6 Å². The number of amides is 1. The topological polar surface area (TPSA) is 110 Å². The number of nitrogens with zero attached hydrogens (tertiary/aromatic N) is 2. The number of ether oxygens (including phenoxy) is 2. The van der Waals surface area contributed by atoms with Crippen LogP contribution in [0.15, 0.2) is 52.7 Å². The van der Waals surface area contributed by atoms with Gasteiger partial charge in [0.1, 0.15) is 11.5 Å². The fourth-order valence-electron chi connectivity index (χ4n) is 3.23. The van der Waals surface area contributed by atoms with Crippen LogP contribution in [0.3, 0.4) is 0 Å². The van der Waals surface area contributed by atoms with Crippen molar-refractivity contribution in [2.75, 3.05) is 44.5 Å². The van der Waals surface area contributed by atoms with Crippen molar-refractivity contribution in [2.24, 2.45) is 0 Å². The van der Waals surface area contributed by atoms with Crippen LogP contribution in [-0.2, 0) is 14.8 Å². The largest absolute Gasteiger partial charge is 0.495 e. The number of thiazole rings is 1. The zero-order valence-electron chi connectivity index (χ0n) is 19.5. The molecule has 11 heteroatoms. The van der Waals surface area contributed by atoms with Crippen LogP contribution in [0.4, 0.5) is 10.8 Å². The number of carbonyl (C=O) groups excluding carboxylic acids is 1. The van der Waals surface area contributed by atoms with Gasteiger partial charge in [-0.05, 0) is 49.4 Å². The van der Waals surface area contributed by atoms with Gasteiger partial charge in [-0.2, -0.15) is 4.31 Å². The van der Waals surface area contributed by atoms with Crippen molar-refractivity contribution in [3.63, 3.8) is 0 Å². The normalized spacial score (nSPS) is 11.3. The Bertz CT molecular complexity index is 1230. The quantitative estimate of drug-likeness (QED) is 0.407. The highest BCUT2D eigenvalue weighted by Gasteiger charge is 2.26. The average molecular weight is 505 g/mol. The molecule has 0 spiro atoms. The van der Waals surface area contributed by atoms with Crippen LogP contribution < -0.4 is 20.1 Å². The van der Waals surface area contributed by atoms with Crippen molar-refractivity contribution in [1.82, 2.24) is 9.29 Å². The number of carbonyl (C=O) groups is 1. The number of likely N-dealkylation sites (N-methyl/N-ethyl adjacent to an activating group) is 1. The molecule has 9 nitrogen and oxygen atoms in total. The van der Waals surface area contributed by atoms with Gasteiger partial charge in [0.15, 0.2) is 5.13 Å². The van der Waals surface area contributed by atoms with Crippen molar-refractivity contribution in [3.8, 4) is 22.8 Å². The molecule has 0 fully saturated rings. The number of methoxy groups -OCH3 is 1. The molecule has 34 heavy (non-hydrogen) atoms. The average Bonchev–Trinajstić information content (AvgIpc) is 3.32. The first-order chi connectivity index (χ1) is 16.3. The van der Waals surface area contributed by atoms with Crippen LogP contribution in [0, 0.1) is 0 Å². The summed E-state index contributed by atoms with van der Waals surface area (Å²) in [5.74, 6) is 0.552. The van der Waals surface area contributed by atoms with E-state index in [-0.39, 0.29) is 18.0 Å². The lowest BCUT2D eigenvalue weighted by Gasteiger charge is -2.20. The molecule has 1 amide bonds. The Balaban J connectivity index is 1.78. The second-order valence-corrected chi connectivity index (χ2v) is 9.88. The first kappa shape index (κ1) is 25.5. The van der Waals surface area contributed by atoms with Crippen LogP contribution in [0.5, 0.6) is 11.5 Å². The Morgan fingerprint density at radius 3 is 2.47 bits per heavy atom. The SMILES string of the molecule is CCOc1ccc(S(=O)(=O)N(CC)CC(=O)Nc2cc(-c3csc(NC)n3)ccc2OC)cc1. The number of sulfonamides is 1. The van der Waals surface area contributed by atoms with Crippen LogP contribution in [0.1, 0.15) is 13.8 Å². The monoisotopic (exact) mass is 504 g/mol. The maximum absolute atomic E-state index is 13.1. The molecule has 0 radical (unpaired) electrons. The zero-order chi connectivity index (χ0) is 24.7. The minimum Gasteiger partial charge on any atom is -0.495 e. The van der Waals surface area contributed by atoms with E-state index in [4.69, 9.17) is 9.47 Å². The lowest BCUT2D eigenvalue weighted by atomic mass is 10.1. The van der Waals surface area contributed by atoms with E-state index in [9.17, 15) is 13.2 Å². The zero-order valence-corrected chi connectivity index (χ0v) is 21.1. The first-order valence-corrected chi connectivity index (χ1v) is 13.0. The van der Waals surface area contributed by atoms with Crippen molar-refractivity contribution >= 4 is 38.1 Å². The predicted octanol–water partition coefficient (Wildman–Crippen LogP) is 3.91. The molecule has 0 bridgehead atoms. The van der Waals surface area contributed by atoms with Gasteiger partial charge in [0.2, 0.25) is 15.9 Å². The van der Waals surface area contributed by atoms with Gasteiger partial charge in [0.25, 0.3) is 0 Å². The number of hydrogen-bond donors (Lipinski definition) is 2. The Kier molecular flexibility index (Phi) is 8.48. The van der Waals surface area contributed by atoms with Crippen molar-refractivity contribution in [3.05, 3.63) is 47.8 Å². The smallest absolute Gasteiger partial charge is 0.243 e. The predicted molar refractivity (Wildman–Crippen MR) is 134 cm³/mol. The highest BCUT2D eigenvalue weighted by atomic mass is 32.2. The highest BCUT2D eigenvalue weighted by molar-refractivity contribution is 7.89. The molecule has 3 aromatic rings. The first-order valence-electron chi connectivity index (χ1n) is 10.7. The second kappa shape index (κ2) is 11.3. The Hall–Kier alpha value is -3.15. The van der Waals surface area contributed by atoms with E-state index < -0.39 is 15.9 Å². The summed E-state index contributed by atoms with van der Waals surface area (Å²) >= 11 is 1.47. The third-order valence-corrected chi connectivity index (χ3v) is 7.73. The van der Waals surface area contributed by atoms with Gasteiger partial charge in [-0.3, -0.25) is 4.79 Å². The molecule has 1 aromatic heterocycles. The van der Waals surface area contributed by atoms with Crippen LogP contribution in [-0.4, -0.2) is 57.5 Å². The summed E-state index contributed by atoms with van der Waals surface area (Å²) in [7, 11) is -0.571. The second-order valence-electron chi connectivity index (χ2n) is 7.09. The minimum absolute atomic E-state index is 0.0917. The van der Waals surface area contributed by atoms with Crippen molar-refractivity contribution in [1.29, 1.82) is 0 Å². The molecule has 0 saturated heterocycles. The van der Waals surface area contributed by atoms with E-state index in [0.29, 0.717) is 23.8 Å². The fraction of sp³-hybridized carbons (Fsp3) is 0.304. The molecule has 0 unspecified atom stereocenters. The minimum atomic E-state index is -3.87. The number of hydrogen-bond acceptors (Lipinski definition) is 8. The fourth-order valence-corrected chi connectivity index (χ4v) is 5.31. The van der Waals surface area contributed by atoms with Crippen LogP contribution >= 0.6 is 11.3 Å². The molecule has 2 aromatic carbocycles. The van der Waals surface area contributed by atoms with Gasteiger partial charge >= 0.3 is 0 Å². The molecule has 3 rings (SSSR count). The number of benzene rings is 2. The molecule has 1 heterocycles. The standard InChI is InChI=1S/C23H28N4O5S2/c1-5-27(34(29,30)18-10-8-17(9-11-18)32-6-2)14-22(28)25-19-13-16(7-12-21(19)31-4)20-15-33-23(24-3)26-20/h7-13,15H,5-6,14H2,1-4H3,(H,24,26)(H,25,28). The van der Waals surface area contributed by atoms with Crippen LogP contribution in [0.2, 0.25) is 0 Å². The molecule has 182 valence electrons. The third-order valence-electron chi connectivity index (χ3n) is 4.93. The lowest BCUT2D eigenvalue weighted by Crippen LogP contribution is -2.37. The summed E-state index contributed by atoms with van der Waals surface area (Å²) in [4.78, 5) is 17.4. The summed E-state index contributed by atoms with van der Waals surface area (Å²) in [5.41, 5.74) is 1.97. The van der Waals surface area contributed by atoms with Crippen LogP contribution in [0.25, 0.3) is 11.3 Å². The number of nitrogens with one attached hydrogen (secondary N) is 2. The van der Waals surface area contributed by atoms with E-state index in [2.05, 4.69) is 15.6 Å². The summed E-state index contributed by atoms with van der Waals surface area (Å²) in [5, 5.41) is 8.45. The van der Waals surface area contributed by atoms with Gasteiger partial charge in [-0.25, -0.2) is 13.4 Å². The molecule has 2 N–H and O–H groups in total. The Morgan fingerprint density at radius 1 is 1.15 bits per heavy atom. The number of rotatable bonds is 11. The van der Waals surface area contributed by atoms with Gasteiger partial charge in [-0.15, -0.1) is 11.3 Å². The molecular weight excluding hydrogens is 476 g/mol. The molecule has 0 aliphatic carbocycles. The molecule has 0 aliphatic heterocycles. The number of anilines is 2. The summed E-state index contributed by atoms with van der Waals surface area (Å²) in [6, 6.07) is 11.5. The molecule has 0 atom stereocenters. The van der Waals surface area contributed by atoms with E-state index in [1.54, 1.807) is 38.2 Å². The summed E-state index contributed by atoms with van der Waals surface area (Å²) < 4.78 is 38.0. The maximum Gasteiger partial charge on any atom is 0.243 e. The van der Waals surface area contributed by atoms with Gasteiger partial charge in [0, 0.05) is 24.5 Å². The summed E-state index contributed by atoms with van der Waals surface area (Å²) in [6.45, 7) is 3.80. The van der Waals surface area contributed by atoms with E-state index >= 15 is 0 Å². The Labute approximate surface area is 203 Å². The third kappa shape index (κ3) is 5.85. The van der Waals surface area contributed by atoms with Gasteiger partial charge < -0.3 is 20.1 Å². The summed E-state index contributed by atoms with van der Waals surface area (Å²) in [6.07, 6.45) is 0. The van der Waals surface area contributed by atoms with E-state index in [1.807, 2.05) is 18.4 Å². The molecule has 0 aliphatic rings. The molecule has 0 saturated carbocycles. The van der Waals surface area contributed by atoms with E-state index in [0.717, 1.165) is 20.7 Å². The van der Waals surface area contributed by atoms with Crippen molar-refractivity contribution in [2.45, 2.75) is 18.7 Å². The van der Waals surface area contributed by atoms with Gasteiger partial charge in [0.05, 0.1) is 36.5 Å². The number of aromatic nitrogens is 1. The highest BCUT2D eigenvalue weighted by Crippen LogP contribution is 2.32. The maximum atomic E-state index is 13.1. The van der Waals surface area contributed by atoms with Crippen molar-refractivity contribution < 1.29 is 22.7 Å². The van der Waals surface area contributed by atoms with Gasteiger partial charge in [-0.1, -0.05) is 6.92 Å². The lowest BCUT2D eigenvalue weighted by molar-refractivity contribution is -0.116. The Morgan fingerprint density at radius 2 is 1.88 bits per heavy atom.